The maximum Gasteiger partial charge on any atom is 0.546 e. The van der Waals surface area contributed by atoms with Crippen LogP contribution in [0.15, 0.2) is 84.9 Å². The zero-order chi connectivity index (χ0) is 28.3. The second-order valence-corrected chi connectivity index (χ2v) is 9.49. The maximum absolute atomic E-state index is 13.5. The minimum Gasteiger partial charge on any atom is -0.484 e. The Labute approximate surface area is 221 Å². The van der Waals surface area contributed by atoms with Crippen LogP contribution in [-0.2, 0) is 4.46 Å². The zero-order valence-electron chi connectivity index (χ0n) is 19.8. The number of carbonyl (C=O) groups is 4. The van der Waals surface area contributed by atoms with Gasteiger partial charge in [-0.15, -0.1) is 0 Å². The van der Waals surface area contributed by atoms with Crippen molar-refractivity contribution >= 4 is 38.0 Å². The average Bonchev–Trinajstić information content (AvgIpc) is 2.92. The lowest BCUT2D eigenvalue weighted by molar-refractivity contribution is 0.0651. The first-order chi connectivity index (χ1) is 18.6. The summed E-state index contributed by atoms with van der Waals surface area (Å²) in [6, 6.07) is 20.1. The summed E-state index contributed by atoms with van der Waals surface area (Å²) in [5, 5.41) is 38.3. The van der Waals surface area contributed by atoms with Crippen LogP contribution in [0.1, 0.15) is 41.4 Å². The Morgan fingerprint density at radius 1 is 0.564 bits per heavy atom. The summed E-state index contributed by atoms with van der Waals surface area (Å²) in [6.07, 6.45) is 0. The fourth-order valence-electron chi connectivity index (χ4n) is 4.06. The second-order valence-electron chi connectivity index (χ2n) is 8.17. The maximum atomic E-state index is 13.5. The molecule has 0 atom stereocenters. The van der Waals surface area contributed by atoms with Gasteiger partial charge in [0.05, 0.1) is 22.3 Å². The van der Waals surface area contributed by atoms with Gasteiger partial charge < -0.3 is 29.3 Å². The molecule has 4 aromatic carbocycles. The molecule has 0 heterocycles. The van der Waals surface area contributed by atoms with Crippen molar-refractivity contribution in [1.29, 1.82) is 0 Å². The minimum atomic E-state index is -3.06. The molecule has 4 rings (SSSR count). The second kappa shape index (κ2) is 10.9. The first kappa shape index (κ1) is 26.6. The first-order valence-electron chi connectivity index (χ1n) is 11.2. The summed E-state index contributed by atoms with van der Waals surface area (Å²) in [5.74, 6) is -5.56. The van der Waals surface area contributed by atoms with E-state index in [-0.39, 0.29) is 21.9 Å². The number of para-hydroxylation sites is 1. The number of rotatable bonds is 9. The van der Waals surface area contributed by atoms with Gasteiger partial charge in [0, 0.05) is 5.19 Å². The Hall–Kier alpha value is -5.42. The summed E-state index contributed by atoms with van der Waals surface area (Å²) in [4.78, 5) is 46.8. The molecule has 0 fully saturated rings. The van der Waals surface area contributed by atoms with Crippen molar-refractivity contribution in [1.82, 2.24) is 0 Å². The molecule has 4 aromatic rings. The standard InChI is InChI=1S/C28H18O10Si/c29-25(30)19-11-9-15(13-21(19)27(33)34)18-7-4-8-23(39(37)38-17-5-2-1-3-6-17)24(18)16-10-12-20(26(31)32)22(14-16)28(35)36/h1-14H,(H,29,30)(H,31,32)(H,33,34)(H,35,36). The molecule has 0 bridgehead atoms. The lowest BCUT2D eigenvalue weighted by Gasteiger charge is -2.16. The lowest BCUT2D eigenvalue weighted by atomic mass is 9.90. The zero-order valence-corrected chi connectivity index (χ0v) is 20.8. The van der Waals surface area contributed by atoms with E-state index < -0.39 is 55.1 Å². The van der Waals surface area contributed by atoms with E-state index in [2.05, 4.69) is 0 Å². The number of hydrogen-bond acceptors (Lipinski definition) is 6. The van der Waals surface area contributed by atoms with E-state index in [0.717, 1.165) is 24.3 Å². The predicted molar refractivity (Wildman–Crippen MR) is 138 cm³/mol. The summed E-state index contributed by atoms with van der Waals surface area (Å²) in [5.41, 5.74) is -0.993. The molecule has 0 saturated heterocycles. The van der Waals surface area contributed by atoms with Gasteiger partial charge in [0.2, 0.25) is 0 Å². The van der Waals surface area contributed by atoms with Gasteiger partial charge in [-0.25, -0.2) is 19.2 Å². The lowest BCUT2D eigenvalue weighted by Crippen LogP contribution is -2.30. The molecule has 0 aliphatic carbocycles. The molecule has 39 heavy (non-hydrogen) atoms. The number of hydrogen-bond donors (Lipinski definition) is 4. The topological polar surface area (TPSA) is 175 Å². The average molecular weight is 543 g/mol. The SMILES string of the molecule is O=C(O)c1ccc(-c2cccc([Si](=O)Oc3ccccc3)c2-c2ccc(C(=O)O)c(C(=O)O)c2)cc1C(=O)O. The number of carboxylic acids is 4. The van der Waals surface area contributed by atoms with Crippen molar-refractivity contribution in [3.8, 4) is 28.0 Å². The summed E-state index contributed by atoms with van der Waals surface area (Å²) in [6.45, 7) is 0. The third-order valence-electron chi connectivity index (χ3n) is 5.80. The van der Waals surface area contributed by atoms with Crippen LogP contribution in [0.3, 0.4) is 0 Å². The highest BCUT2D eigenvalue weighted by atomic mass is 28.3. The molecule has 0 aliphatic heterocycles. The highest BCUT2D eigenvalue weighted by Gasteiger charge is 2.26. The van der Waals surface area contributed by atoms with Gasteiger partial charge in [-0.3, -0.25) is 0 Å². The molecular formula is C28H18O10Si. The van der Waals surface area contributed by atoms with Gasteiger partial charge in [0.1, 0.15) is 5.75 Å². The van der Waals surface area contributed by atoms with Crippen molar-refractivity contribution < 1.29 is 48.5 Å². The van der Waals surface area contributed by atoms with Crippen molar-refractivity contribution in [3.63, 3.8) is 0 Å². The van der Waals surface area contributed by atoms with Crippen LogP contribution in [0.2, 0.25) is 0 Å². The molecule has 0 unspecified atom stereocenters. The molecule has 10 nitrogen and oxygen atoms in total. The highest BCUT2D eigenvalue weighted by Crippen LogP contribution is 2.33. The Kier molecular flexibility index (Phi) is 7.45. The van der Waals surface area contributed by atoms with Gasteiger partial charge in [0.15, 0.2) is 0 Å². The van der Waals surface area contributed by atoms with Gasteiger partial charge in [0.25, 0.3) is 0 Å². The summed E-state index contributed by atoms with van der Waals surface area (Å²) < 4.78 is 19.2. The first-order valence-corrected chi connectivity index (χ1v) is 12.5. The van der Waals surface area contributed by atoms with Gasteiger partial charge >= 0.3 is 32.8 Å². The van der Waals surface area contributed by atoms with Crippen molar-refractivity contribution in [2.45, 2.75) is 0 Å². The number of aromatic carboxylic acids is 4. The van der Waals surface area contributed by atoms with E-state index in [9.17, 15) is 44.1 Å². The molecule has 0 amide bonds. The van der Waals surface area contributed by atoms with Crippen LogP contribution < -0.4 is 9.61 Å². The van der Waals surface area contributed by atoms with E-state index in [0.29, 0.717) is 11.3 Å². The van der Waals surface area contributed by atoms with Crippen LogP contribution in [0, 0.1) is 0 Å². The molecule has 0 spiro atoms. The van der Waals surface area contributed by atoms with Crippen LogP contribution in [0.4, 0.5) is 0 Å². The van der Waals surface area contributed by atoms with E-state index in [1.807, 2.05) is 0 Å². The quantitative estimate of drug-likeness (QED) is 0.226. The van der Waals surface area contributed by atoms with Crippen LogP contribution >= 0.6 is 0 Å². The van der Waals surface area contributed by atoms with Crippen molar-refractivity contribution in [2.75, 3.05) is 0 Å². The van der Waals surface area contributed by atoms with Crippen molar-refractivity contribution in [3.05, 3.63) is 107 Å². The molecule has 0 aromatic heterocycles. The Balaban J connectivity index is 2.00. The monoisotopic (exact) mass is 542 g/mol. The van der Waals surface area contributed by atoms with Gasteiger partial charge in [-0.2, -0.15) is 0 Å². The van der Waals surface area contributed by atoms with E-state index in [4.69, 9.17) is 4.43 Å². The van der Waals surface area contributed by atoms with Gasteiger partial charge in [-0.1, -0.05) is 48.5 Å². The van der Waals surface area contributed by atoms with Crippen LogP contribution in [0.25, 0.3) is 22.3 Å². The predicted octanol–water partition coefficient (Wildman–Crippen LogP) is 4.02. The Morgan fingerprint density at radius 2 is 1.08 bits per heavy atom. The largest absolute Gasteiger partial charge is 0.546 e. The van der Waals surface area contributed by atoms with E-state index in [1.54, 1.807) is 42.5 Å². The van der Waals surface area contributed by atoms with Crippen LogP contribution in [0.5, 0.6) is 5.75 Å². The third-order valence-corrected chi connectivity index (χ3v) is 7.08. The minimum absolute atomic E-state index is 0.153. The highest BCUT2D eigenvalue weighted by molar-refractivity contribution is 6.56. The fourth-order valence-corrected chi connectivity index (χ4v) is 5.24. The molecule has 0 radical (unpaired) electrons. The summed E-state index contributed by atoms with van der Waals surface area (Å²) in [7, 11) is -3.06. The number of benzene rings is 4. The molecule has 4 N–H and O–H groups in total. The smallest absolute Gasteiger partial charge is 0.484 e. The third kappa shape index (κ3) is 5.48. The normalized spacial score (nSPS) is 10.5. The summed E-state index contributed by atoms with van der Waals surface area (Å²) >= 11 is 0. The molecule has 0 saturated carbocycles. The van der Waals surface area contributed by atoms with Crippen LogP contribution in [-0.4, -0.2) is 53.2 Å². The number of carboxylic acid groups (broad SMARTS) is 4. The fraction of sp³-hybridized carbons (Fsp3) is 0. The van der Waals surface area contributed by atoms with E-state index in [1.165, 1.54) is 18.2 Å². The molecule has 11 heteroatoms. The molecular weight excluding hydrogens is 524 g/mol. The Morgan fingerprint density at radius 3 is 1.62 bits per heavy atom. The van der Waals surface area contributed by atoms with Gasteiger partial charge in [-0.05, 0) is 58.7 Å². The van der Waals surface area contributed by atoms with Crippen molar-refractivity contribution in [2.24, 2.45) is 0 Å². The Bertz CT molecular complexity index is 1660. The van der Waals surface area contributed by atoms with E-state index >= 15 is 0 Å². The molecule has 0 aliphatic rings. The molecule has 194 valence electrons.